The van der Waals surface area contributed by atoms with Crippen LogP contribution in [0, 0.1) is 0 Å². The van der Waals surface area contributed by atoms with Gasteiger partial charge in [0.1, 0.15) is 5.25 Å². The van der Waals surface area contributed by atoms with Crippen molar-refractivity contribution in [3.05, 3.63) is 35.9 Å². The first-order chi connectivity index (χ1) is 9.72. The monoisotopic (exact) mass is 289 g/mol. The molecule has 104 valence electrons. The van der Waals surface area contributed by atoms with Crippen molar-refractivity contribution in [1.29, 1.82) is 0 Å². The summed E-state index contributed by atoms with van der Waals surface area (Å²) in [6, 6.07) is 9.94. The van der Waals surface area contributed by atoms with Gasteiger partial charge in [0.25, 0.3) is 0 Å². The molecule has 1 atom stereocenters. The molecule has 1 aromatic heterocycles. The van der Waals surface area contributed by atoms with Crippen molar-refractivity contribution in [2.24, 2.45) is 0 Å². The number of thioether (sulfide) groups is 1. The molecule has 20 heavy (non-hydrogen) atoms. The highest BCUT2D eigenvalue weighted by molar-refractivity contribution is 8.00. The first-order valence-electron chi connectivity index (χ1n) is 6.42. The van der Waals surface area contributed by atoms with Crippen LogP contribution in [0.2, 0.25) is 0 Å². The Labute approximate surface area is 120 Å². The van der Waals surface area contributed by atoms with Gasteiger partial charge in [-0.2, -0.15) is 4.98 Å². The number of nitrogens with zero attached hydrogens (tertiary/aromatic N) is 2. The summed E-state index contributed by atoms with van der Waals surface area (Å²) in [6.45, 7) is 0. The number of aromatic amines is 1. The van der Waals surface area contributed by atoms with Crippen LogP contribution >= 0.6 is 11.8 Å². The minimum atomic E-state index is -0.369. The molecule has 0 unspecified atom stereocenters. The molecule has 1 fully saturated rings. The number of anilines is 1. The van der Waals surface area contributed by atoms with Gasteiger partial charge in [-0.3, -0.25) is 4.79 Å². The zero-order chi connectivity index (χ0) is 13.9. The average Bonchev–Trinajstić information content (AvgIpc) is 3.17. The van der Waals surface area contributed by atoms with Crippen LogP contribution in [0.15, 0.2) is 35.5 Å². The molecular weight excluding hydrogens is 274 g/mol. The van der Waals surface area contributed by atoms with Gasteiger partial charge in [0.2, 0.25) is 17.0 Å². The molecule has 7 heteroatoms. The number of hydrogen-bond donors (Lipinski definition) is 3. The Bertz CT molecular complexity index is 596. The van der Waals surface area contributed by atoms with E-state index >= 15 is 0 Å². The van der Waals surface area contributed by atoms with Crippen molar-refractivity contribution < 1.29 is 4.79 Å². The number of hydrogen-bond acceptors (Lipinski definition) is 5. The molecular formula is C13H15N5OS. The van der Waals surface area contributed by atoms with Gasteiger partial charge in [-0.05, 0) is 18.4 Å². The van der Waals surface area contributed by atoms with Gasteiger partial charge in [0, 0.05) is 6.04 Å². The zero-order valence-electron chi connectivity index (χ0n) is 10.7. The van der Waals surface area contributed by atoms with Gasteiger partial charge >= 0.3 is 0 Å². The number of nitrogen functional groups attached to an aromatic ring is 1. The van der Waals surface area contributed by atoms with E-state index in [-0.39, 0.29) is 17.1 Å². The molecule has 0 spiro atoms. The number of benzene rings is 1. The quantitative estimate of drug-likeness (QED) is 0.725. The van der Waals surface area contributed by atoms with Gasteiger partial charge in [-0.25, -0.2) is 5.10 Å². The molecule has 0 bridgehead atoms. The number of carbonyl (C=O) groups is 1. The lowest BCUT2D eigenvalue weighted by atomic mass is 10.1. The van der Waals surface area contributed by atoms with Crippen LogP contribution in [0.25, 0.3) is 0 Å². The standard InChI is InChI=1S/C13H15N5OS/c14-12-16-13(18-17-12)20-10(8-4-2-1-3-5-8)11(19)15-9-6-7-9/h1-5,9-10H,6-7H2,(H,15,19)(H3,14,16,17,18)/t10-/m1/s1. The SMILES string of the molecule is Nc1nc(S[C@@H](C(=O)NC2CC2)c2ccccc2)n[nH]1. The lowest BCUT2D eigenvalue weighted by Crippen LogP contribution is -2.29. The third-order valence-electron chi connectivity index (χ3n) is 2.97. The van der Waals surface area contributed by atoms with Gasteiger partial charge in [0.05, 0.1) is 0 Å². The zero-order valence-corrected chi connectivity index (χ0v) is 11.6. The third kappa shape index (κ3) is 3.11. The van der Waals surface area contributed by atoms with Crippen LogP contribution in [0.1, 0.15) is 23.7 Å². The molecule has 0 saturated heterocycles. The minimum Gasteiger partial charge on any atom is -0.368 e. The highest BCUT2D eigenvalue weighted by atomic mass is 32.2. The van der Waals surface area contributed by atoms with Gasteiger partial charge < -0.3 is 11.1 Å². The van der Waals surface area contributed by atoms with E-state index in [4.69, 9.17) is 5.73 Å². The van der Waals surface area contributed by atoms with Crippen molar-refractivity contribution in [3.8, 4) is 0 Å². The normalized spacial score (nSPS) is 15.8. The molecule has 6 nitrogen and oxygen atoms in total. The van der Waals surface area contributed by atoms with Gasteiger partial charge in [-0.15, -0.1) is 5.10 Å². The lowest BCUT2D eigenvalue weighted by molar-refractivity contribution is -0.120. The molecule has 0 aliphatic heterocycles. The Morgan fingerprint density at radius 3 is 2.75 bits per heavy atom. The van der Waals surface area contributed by atoms with Crippen LogP contribution in [-0.2, 0) is 4.79 Å². The predicted octanol–water partition coefficient (Wildman–Crippen LogP) is 1.50. The number of amides is 1. The van der Waals surface area contributed by atoms with E-state index < -0.39 is 0 Å². The predicted molar refractivity (Wildman–Crippen MR) is 77.0 cm³/mol. The topological polar surface area (TPSA) is 96.7 Å². The van der Waals surface area contributed by atoms with E-state index in [1.165, 1.54) is 11.8 Å². The fraction of sp³-hybridized carbons (Fsp3) is 0.308. The van der Waals surface area contributed by atoms with Crippen LogP contribution in [-0.4, -0.2) is 27.1 Å². The first-order valence-corrected chi connectivity index (χ1v) is 7.30. The molecule has 1 aromatic carbocycles. The second-order valence-electron chi connectivity index (χ2n) is 4.69. The summed E-state index contributed by atoms with van der Waals surface area (Å²) in [5.41, 5.74) is 6.45. The maximum Gasteiger partial charge on any atom is 0.238 e. The number of H-pyrrole nitrogens is 1. The van der Waals surface area contributed by atoms with Crippen LogP contribution < -0.4 is 11.1 Å². The lowest BCUT2D eigenvalue weighted by Gasteiger charge is -2.15. The summed E-state index contributed by atoms with van der Waals surface area (Å²) in [5, 5.41) is 9.69. The fourth-order valence-corrected chi connectivity index (χ4v) is 2.75. The summed E-state index contributed by atoms with van der Waals surface area (Å²) in [7, 11) is 0. The number of carbonyl (C=O) groups excluding carboxylic acids is 1. The van der Waals surface area contributed by atoms with Crippen molar-refractivity contribution >= 4 is 23.6 Å². The number of rotatable bonds is 5. The van der Waals surface area contributed by atoms with E-state index in [0.717, 1.165) is 18.4 Å². The molecule has 1 aliphatic rings. The van der Waals surface area contributed by atoms with E-state index in [0.29, 0.717) is 11.2 Å². The smallest absolute Gasteiger partial charge is 0.238 e. The van der Waals surface area contributed by atoms with Gasteiger partial charge in [-0.1, -0.05) is 42.1 Å². The van der Waals surface area contributed by atoms with Crippen molar-refractivity contribution in [2.45, 2.75) is 29.3 Å². The maximum absolute atomic E-state index is 12.4. The van der Waals surface area contributed by atoms with Crippen molar-refractivity contribution in [3.63, 3.8) is 0 Å². The number of aromatic nitrogens is 3. The van der Waals surface area contributed by atoms with Crippen LogP contribution in [0.3, 0.4) is 0 Å². The fourth-order valence-electron chi connectivity index (χ4n) is 1.82. The first kappa shape index (κ1) is 13.0. The van der Waals surface area contributed by atoms with E-state index in [9.17, 15) is 4.79 Å². The van der Waals surface area contributed by atoms with Gasteiger partial charge in [0.15, 0.2) is 0 Å². The summed E-state index contributed by atoms with van der Waals surface area (Å²) in [6.07, 6.45) is 2.12. The Hall–Kier alpha value is -2.02. The average molecular weight is 289 g/mol. The van der Waals surface area contributed by atoms with E-state index in [2.05, 4.69) is 20.5 Å². The number of nitrogens with one attached hydrogen (secondary N) is 2. The molecule has 1 heterocycles. The van der Waals surface area contributed by atoms with Crippen molar-refractivity contribution in [2.75, 3.05) is 5.73 Å². The Morgan fingerprint density at radius 1 is 1.40 bits per heavy atom. The minimum absolute atomic E-state index is 0.00734. The summed E-state index contributed by atoms with van der Waals surface area (Å²) in [5.74, 6) is 0.244. The molecule has 0 radical (unpaired) electrons. The van der Waals surface area contributed by atoms with E-state index in [1.54, 1.807) is 0 Å². The van der Waals surface area contributed by atoms with Crippen molar-refractivity contribution in [1.82, 2.24) is 20.5 Å². The molecule has 2 aromatic rings. The molecule has 1 amide bonds. The van der Waals surface area contributed by atoms with Crippen LogP contribution in [0.4, 0.5) is 5.95 Å². The Morgan fingerprint density at radius 2 is 2.15 bits per heavy atom. The molecule has 3 rings (SSSR count). The summed E-state index contributed by atoms with van der Waals surface area (Å²) >= 11 is 1.29. The largest absolute Gasteiger partial charge is 0.368 e. The third-order valence-corrected chi connectivity index (χ3v) is 4.08. The maximum atomic E-state index is 12.4. The second kappa shape index (κ2) is 5.54. The summed E-state index contributed by atoms with van der Waals surface area (Å²) < 4.78 is 0. The highest BCUT2D eigenvalue weighted by Gasteiger charge is 2.29. The Balaban J connectivity index is 1.80. The number of nitrogens with two attached hydrogens (primary N) is 1. The molecule has 1 saturated carbocycles. The van der Waals surface area contributed by atoms with Crippen LogP contribution in [0.5, 0.6) is 0 Å². The summed E-state index contributed by atoms with van der Waals surface area (Å²) in [4.78, 5) is 16.4. The highest BCUT2D eigenvalue weighted by Crippen LogP contribution is 2.34. The van der Waals surface area contributed by atoms with E-state index in [1.807, 2.05) is 30.3 Å². The second-order valence-corrected chi connectivity index (χ2v) is 5.77. The molecule has 4 N–H and O–H groups in total. The Kier molecular flexibility index (Phi) is 3.60. The molecule has 1 aliphatic carbocycles.